The SMILES string of the molecule is CNC(c1ncc(N2CCC3(CCC(C)C3C(C)(C)C)CC2)nc1NP)N1CCC(C)c2c1ccc(C#N)c2F.NS. The molecule has 8 nitrogen and oxygen atoms in total. The molecule has 42 heavy (non-hydrogen) atoms. The van der Waals surface area contributed by atoms with Gasteiger partial charge in [-0.1, -0.05) is 34.6 Å². The van der Waals surface area contributed by atoms with E-state index in [1.165, 1.54) is 25.7 Å². The van der Waals surface area contributed by atoms with E-state index in [4.69, 9.17) is 9.97 Å². The van der Waals surface area contributed by atoms with Gasteiger partial charge >= 0.3 is 0 Å². The van der Waals surface area contributed by atoms with Gasteiger partial charge in [-0.05, 0) is 89.3 Å². The predicted octanol–water partition coefficient (Wildman–Crippen LogP) is 6.39. The largest absolute Gasteiger partial charge is 0.355 e. The van der Waals surface area contributed by atoms with Crippen molar-refractivity contribution in [3.05, 3.63) is 41.0 Å². The fourth-order valence-electron chi connectivity index (χ4n) is 8.50. The predicted molar refractivity (Wildman–Crippen MR) is 177 cm³/mol. The molecule has 1 saturated carbocycles. The highest BCUT2D eigenvalue weighted by Crippen LogP contribution is 2.59. The maximum Gasteiger partial charge on any atom is 0.156 e. The first-order valence-corrected chi connectivity index (χ1v) is 16.1. The van der Waals surface area contributed by atoms with Crippen molar-refractivity contribution < 1.29 is 4.39 Å². The van der Waals surface area contributed by atoms with Crippen LogP contribution in [-0.2, 0) is 0 Å². The summed E-state index contributed by atoms with van der Waals surface area (Å²) >= 11 is 3.03. The zero-order chi connectivity index (χ0) is 30.8. The molecule has 0 amide bonds. The first-order valence-electron chi connectivity index (χ1n) is 15.1. The smallest absolute Gasteiger partial charge is 0.156 e. The van der Waals surface area contributed by atoms with Gasteiger partial charge in [-0.15, -0.1) is 12.8 Å². The summed E-state index contributed by atoms with van der Waals surface area (Å²) in [5.41, 5.74) is 3.01. The monoisotopic (exact) mass is 614 g/mol. The number of benzene rings is 1. The van der Waals surface area contributed by atoms with Crippen LogP contribution in [-0.4, -0.2) is 36.6 Å². The molecule has 3 heterocycles. The quantitative estimate of drug-likeness (QED) is 0.227. The number of nitrogens with two attached hydrogens (primary N) is 1. The van der Waals surface area contributed by atoms with Crippen molar-refractivity contribution in [2.45, 2.75) is 78.8 Å². The highest BCUT2D eigenvalue weighted by Gasteiger charge is 2.52. The molecule has 1 aromatic heterocycles. The van der Waals surface area contributed by atoms with Gasteiger partial charge in [0.2, 0.25) is 0 Å². The summed E-state index contributed by atoms with van der Waals surface area (Å²) in [5.74, 6) is 2.74. The molecule has 3 aliphatic rings. The number of rotatable bonds is 5. The minimum absolute atomic E-state index is 0.0352. The zero-order valence-electron chi connectivity index (χ0n) is 25.9. The molecule has 4 N–H and O–H groups in total. The standard InChI is InChI=1S/C31H45FN7P.H3NS/c1-19-10-14-39(22-8-7-21(17-33)25(32)24(19)22)29(34-6)26-28(37-40)36-23(18-35-26)38-15-12-31(13-16-38)11-9-20(2)27(31)30(3,4)5;1-2/h7-8,18-20,27,29,34H,9-16,40H2,1-6H3,(H,36,37);2H,1H2. The van der Waals surface area contributed by atoms with E-state index in [-0.39, 0.29) is 17.6 Å². The summed E-state index contributed by atoms with van der Waals surface area (Å²) in [6.07, 6.45) is 7.45. The van der Waals surface area contributed by atoms with E-state index in [1.54, 1.807) is 6.07 Å². The highest BCUT2D eigenvalue weighted by molar-refractivity contribution is 7.77. The number of aromatic nitrogens is 2. The second kappa shape index (κ2) is 13.2. The van der Waals surface area contributed by atoms with Gasteiger partial charge in [0, 0.05) is 30.9 Å². The van der Waals surface area contributed by atoms with E-state index in [9.17, 15) is 5.26 Å². The number of piperidine rings is 1. The molecule has 1 spiro atoms. The summed E-state index contributed by atoms with van der Waals surface area (Å²) in [6, 6.07) is 5.43. The average molecular weight is 615 g/mol. The van der Waals surface area contributed by atoms with Gasteiger partial charge in [0.15, 0.2) is 5.82 Å². The van der Waals surface area contributed by atoms with Crippen LogP contribution in [0.4, 0.5) is 21.7 Å². The molecular weight excluding hydrogens is 566 g/mol. The molecule has 0 bridgehead atoms. The number of hydrogen-bond acceptors (Lipinski definition) is 9. The van der Waals surface area contributed by atoms with Crippen LogP contribution in [0.15, 0.2) is 18.3 Å². The third kappa shape index (κ3) is 5.95. The van der Waals surface area contributed by atoms with Gasteiger partial charge < -0.3 is 14.9 Å². The minimum Gasteiger partial charge on any atom is -0.355 e. The highest BCUT2D eigenvalue weighted by atomic mass is 32.1. The molecule has 5 atom stereocenters. The second-order valence-electron chi connectivity index (χ2n) is 13.4. The molecule has 5 rings (SSSR count). The Morgan fingerprint density at radius 1 is 1.17 bits per heavy atom. The van der Waals surface area contributed by atoms with Crippen LogP contribution in [0, 0.1) is 39.8 Å². The van der Waals surface area contributed by atoms with Gasteiger partial charge in [-0.3, -0.25) is 10.5 Å². The first kappa shape index (κ1) is 32.7. The lowest BCUT2D eigenvalue weighted by Gasteiger charge is -2.49. The van der Waals surface area contributed by atoms with E-state index in [0.717, 1.165) is 55.1 Å². The molecule has 2 aliphatic heterocycles. The number of thiol groups is 1. The number of nitriles is 1. The third-order valence-electron chi connectivity index (χ3n) is 9.99. The van der Waals surface area contributed by atoms with Crippen molar-refractivity contribution in [3.8, 4) is 6.07 Å². The Kier molecular flexibility index (Phi) is 10.3. The Hall–Kier alpha value is -2.18. The van der Waals surface area contributed by atoms with Gasteiger partial charge in [-0.2, -0.15) is 5.26 Å². The van der Waals surface area contributed by atoms with E-state index in [1.807, 2.05) is 32.3 Å². The van der Waals surface area contributed by atoms with Crippen LogP contribution in [0.2, 0.25) is 0 Å². The molecule has 0 radical (unpaired) electrons. The number of nitrogens with one attached hydrogen (secondary N) is 2. The normalized spacial score (nSPS) is 24.0. The van der Waals surface area contributed by atoms with Crippen LogP contribution in [0.5, 0.6) is 0 Å². The summed E-state index contributed by atoms with van der Waals surface area (Å²) in [6.45, 7) is 14.5. The van der Waals surface area contributed by atoms with Crippen molar-refractivity contribution in [1.29, 1.82) is 5.26 Å². The molecule has 11 heteroatoms. The number of anilines is 3. The lowest BCUT2D eigenvalue weighted by Crippen LogP contribution is -2.46. The van der Waals surface area contributed by atoms with Crippen molar-refractivity contribution in [2.24, 2.45) is 27.8 Å². The Morgan fingerprint density at radius 3 is 2.45 bits per heavy atom. The fourth-order valence-corrected chi connectivity index (χ4v) is 8.71. The van der Waals surface area contributed by atoms with Gasteiger partial charge in [0.1, 0.15) is 29.6 Å². The number of fused-ring (bicyclic) bond motifs is 1. The average Bonchev–Trinajstić information content (AvgIpc) is 3.31. The number of nitrogens with zero attached hydrogens (tertiary/aromatic N) is 5. The third-order valence-corrected chi connectivity index (χ3v) is 10.3. The van der Waals surface area contributed by atoms with Crippen LogP contribution in [0.25, 0.3) is 0 Å². The van der Waals surface area contributed by atoms with Gasteiger partial charge in [0.25, 0.3) is 0 Å². The van der Waals surface area contributed by atoms with E-state index in [2.05, 4.69) is 75.2 Å². The zero-order valence-corrected chi connectivity index (χ0v) is 28.0. The van der Waals surface area contributed by atoms with Crippen LogP contribution < -0.4 is 25.3 Å². The van der Waals surface area contributed by atoms with Crippen LogP contribution in [0.1, 0.15) is 95.6 Å². The molecule has 1 aromatic carbocycles. The van der Waals surface area contributed by atoms with Gasteiger partial charge in [0.05, 0.1) is 11.8 Å². The summed E-state index contributed by atoms with van der Waals surface area (Å²) in [5, 5.41) is 20.2. The Labute approximate surface area is 259 Å². The summed E-state index contributed by atoms with van der Waals surface area (Å²) < 4.78 is 15.3. The topological polar surface area (TPSA) is 106 Å². The number of halogens is 1. The molecule has 1 aliphatic carbocycles. The van der Waals surface area contributed by atoms with Crippen molar-refractivity contribution >= 4 is 39.5 Å². The lowest BCUT2D eigenvalue weighted by atomic mass is 9.60. The van der Waals surface area contributed by atoms with E-state index < -0.39 is 5.82 Å². The van der Waals surface area contributed by atoms with Crippen molar-refractivity contribution in [3.63, 3.8) is 0 Å². The maximum atomic E-state index is 15.3. The fraction of sp³-hybridized carbons (Fsp3) is 0.645. The van der Waals surface area contributed by atoms with E-state index in [0.29, 0.717) is 22.2 Å². The lowest BCUT2D eigenvalue weighted by molar-refractivity contribution is 0.0389. The molecule has 2 aromatic rings. The summed E-state index contributed by atoms with van der Waals surface area (Å²) in [4.78, 5) is 14.5. The van der Waals surface area contributed by atoms with Gasteiger partial charge in [-0.25, -0.2) is 14.4 Å². The summed E-state index contributed by atoms with van der Waals surface area (Å²) in [7, 11) is 4.46. The molecular formula is C31H48FN8PS. The first-order chi connectivity index (χ1) is 20.0. The molecule has 2 fully saturated rings. The minimum atomic E-state index is -0.411. The Balaban J connectivity index is 0.00000198. The second-order valence-corrected chi connectivity index (χ2v) is 13.7. The molecule has 1 saturated heterocycles. The van der Waals surface area contributed by atoms with Crippen molar-refractivity contribution in [1.82, 2.24) is 15.3 Å². The van der Waals surface area contributed by atoms with Crippen LogP contribution >= 0.6 is 22.2 Å². The van der Waals surface area contributed by atoms with Crippen LogP contribution in [0.3, 0.4) is 0 Å². The molecule has 230 valence electrons. The maximum absolute atomic E-state index is 15.3. The Bertz CT molecular complexity index is 1290. The Morgan fingerprint density at radius 2 is 1.86 bits per heavy atom. The molecule has 5 unspecified atom stereocenters. The van der Waals surface area contributed by atoms with Crippen molar-refractivity contribution in [2.75, 3.05) is 41.6 Å². The van der Waals surface area contributed by atoms with E-state index >= 15 is 4.39 Å². The number of hydrogen-bond donors (Lipinski definition) is 4.